The van der Waals surface area contributed by atoms with Crippen LogP contribution in [0.2, 0.25) is 10.0 Å². The molecule has 1 heterocycles. The smallest absolute Gasteiger partial charge is 0.138 e. The van der Waals surface area contributed by atoms with E-state index in [0.717, 1.165) is 5.69 Å². The van der Waals surface area contributed by atoms with Gasteiger partial charge in [0.05, 0.1) is 10.7 Å². The Morgan fingerprint density at radius 1 is 1.38 bits per heavy atom. The Kier molecular flexibility index (Phi) is 5.87. The normalized spacial score (nSPS) is 12.4. The van der Waals surface area contributed by atoms with E-state index in [1.807, 2.05) is 13.1 Å². The highest BCUT2D eigenvalue weighted by molar-refractivity contribution is 6.35. The molecular formula is C14H17Cl2N3O2. The Balaban J connectivity index is 1.72. The first kappa shape index (κ1) is 16.1. The van der Waals surface area contributed by atoms with Crippen LogP contribution in [0.15, 0.2) is 30.5 Å². The van der Waals surface area contributed by atoms with E-state index < -0.39 is 6.10 Å². The summed E-state index contributed by atoms with van der Waals surface area (Å²) in [4.78, 5) is 0. The van der Waals surface area contributed by atoms with E-state index in [9.17, 15) is 5.11 Å². The molecule has 0 saturated heterocycles. The Bertz CT molecular complexity index is 589. The third-order valence-corrected chi connectivity index (χ3v) is 3.46. The summed E-state index contributed by atoms with van der Waals surface area (Å²) in [6.07, 6.45) is 1.10. The van der Waals surface area contributed by atoms with E-state index in [2.05, 4.69) is 10.4 Å². The third kappa shape index (κ3) is 4.89. The summed E-state index contributed by atoms with van der Waals surface area (Å²) in [5.41, 5.74) is 1.05. The van der Waals surface area contributed by atoms with Crippen LogP contribution in [-0.4, -0.2) is 34.1 Å². The third-order valence-electron chi connectivity index (χ3n) is 2.93. The van der Waals surface area contributed by atoms with Gasteiger partial charge < -0.3 is 15.2 Å². The first-order valence-electron chi connectivity index (χ1n) is 6.50. The number of benzene rings is 1. The molecule has 2 N–H and O–H groups in total. The predicted octanol–water partition coefficient (Wildman–Crippen LogP) is 2.26. The fraction of sp³-hybridized carbons (Fsp3) is 0.357. The summed E-state index contributed by atoms with van der Waals surface area (Å²) in [6, 6.07) is 6.89. The molecule has 1 aromatic carbocycles. The van der Waals surface area contributed by atoms with Crippen LogP contribution in [0.5, 0.6) is 5.75 Å². The number of hydrogen-bond acceptors (Lipinski definition) is 4. The number of nitrogens with one attached hydrogen (secondary N) is 1. The summed E-state index contributed by atoms with van der Waals surface area (Å²) in [5.74, 6) is 0.506. The Labute approximate surface area is 133 Å². The van der Waals surface area contributed by atoms with Crippen molar-refractivity contribution in [3.05, 3.63) is 46.2 Å². The van der Waals surface area contributed by atoms with Crippen LogP contribution in [0.3, 0.4) is 0 Å². The molecule has 1 atom stereocenters. The lowest BCUT2D eigenvalue weighted by Crippen LogP contribution is -2.31. The fourth-order valence-electron chi connectivity index (χ4n) is 1.78. The number of aliphatic hydroxyl groups is 1. The van der Waals surface area contributed by atoms with Gasteiger partial charge in [0.25, 0.3) is 0 Å². The molecule has 21 heavy (non-hydrogen) atoms. The van der Waals surface area contributed by atoms with Crippen LogP contribution < -0.4 is 10.1 Å². The maximum atomic E-state index is 9.87. The van der Waals surface area contributed by atoms with E-state index >= 15 is 0 Å². The Morgan fingerprint density at radius 3 is 2.86 bits per heavy atom. The standard InChI is InChI=1S/C14H17Cl2N3O2/c1-19-11(4-5-18-19)7-17-8-12(20)9-21-14-3-2-10(15)6-13(14)16/h2-6,12,17,20H,7-9H2,1H3. The molecule has 0 spiro atoms. The van der Waals surface area contributed by atoms with Crippen molar-refractivity contribution in [3.8, 4) is 5.75 Å². The maximum Gasteiger partial charge on any atom is 0.138 e. The van der Waals surface area contributed by atoms with Crippen molar-refractivity contribution in [2.45, 2.75) is 12.6 Å². The van der Waals surface area contributed by atoms with Crippen LogP contribution in [0.1, 0.15) is 5.69 Å². The minimum atomic E-state index is -0.634. The number of hydrogen-bond donors (Lipinski definition) is 2. The second-order valence-electron chi connectivity index (χ2n) is 4.62. The summed E-state index contributed by atoms with van der Waals surface area (Å²) in [6.45, 7) is 1.20. The molecule has 0 radical (unpaired) electrons. The lowest BCUT2D eigenvalue weighted by Gasteiger charge is -2.14. The van der Waals surface area contributed by atoms with Gasteiger partial charge in [-0.25, -0.2) is 0 Å². The molecule has 0 amide bonds. The van der Waals surface area contributed by atoms with Gasteiger partial charge in [-0.15, -0.1) is 0 Å². The zero-order valence-corrected chi connectivity index (χ0v) is 13.1. The second kappa shape index (κ2) is 7.66. The van der Waals surface area contributed by atoms with E-state index in [0.29, 0.717) is 28.9 Å². The summed E-state index contributed by atoms with van der Waals surface area (Å²) in [7, 11) is 1.87. The highest BCUT2D eigenvalue weighted by atomic mass is 35.5. The monoisotopic (exact) mass is 329 g/mol. The predicted molar refractivity (Wildman–Crippen MR) is 82.9 cm³/mol. The van der Waals surface area contributed by atoms with Crippen LogP contribution >= 0.6 is 23.2 Å². The average Bonchev–Trinajstić information content (AvgIpc) is 2.83. The summed E-state index contributed by atoms with van der Waals surface area (Å²) in [5, 5.41) is 18.1. The molecule has 1 unspecified atom stereocenters. The van der Waals surface area contributed by atoms with Crippen molar-refractivity contribution in [2.75, 3.05) is 13.2 Å². The van der Waals surface area contributed by atoms with Crippen molar-refractivity contribution in [1.29, 1.82) is 0 Å². The molecule has 5 nitrogen and oxygen atoms in total. The van der Waals surface area contributed by atoms with Crippen molar-refractivity contribution in [3.63, 3.8) is 0 Å². The molecule has 1 aromatic heterocycles. The molecule has 0 bridgehead atoms. The van der Waals surface area contributed by atoms with Crippen LogP contribution in [0.4, 0.5) is 0 Å². The average molecular weight is 330 g/mol. The zero-order chi connectivity index (χ0) is 15.2. The number of halogens is 2. The molecule has 0 saturated carbocycles. The van der Waals surface area contributed by atoms with Gasteiger partial charge >= 0.3 is 0 Å². The fourth-order valence-corrected chi connectivity index (χ4v) is 2.24. The molecule has 114 valence electrons. The van der Waals surface area contributed by atoms with E-state index in [1.165, 1.54) is 0 Å². The lowest BCUT2D eigenvalue weighted by molar-refractivity contribution is 0.106. The molecule has 0 fully saturated rings. The molecule has 0 aliphatic heterocycles. The maximum absolute atomic E-state index is 9.87. The number of aliphatic hydroxyl groups excluding tert-OH is 1. The highest BCUT2D eigenvalue weighted by Crippen LogP contribution is 2.27. The van der Waals surface area contributed by atoms with Gasteiger partial charge in [-0.3, -0.25) is 4.68 Å². The molecule has 0 aliphatic rings. The zero-order valence-electron chi connectivity index (χ0n) is 11.6. The van der Waals surface area contributed by atoms with Gasteiger partial charge in [0.2, 0.25) is 0 Å². The number of aromatic nitrogens is 2. The van der Waals surface area contributed by atoms with E-state index in [-0.39, 0.29) is 6.61 Å². The van der Waals surface area contributed by atoms with Gasteiger partial charge in [0.15, 0.2) is 0 Å². The molecular weight excluding hydrogens is 313 g/mol. The number of rotatable bonds is 7. The second-order valence-corrected chi connectivity index (χ2v) is 5.46. The van der Waals surface area contributed by atoms with Crippen LogP contribution in [0, 0.1) is 0 Å². The van der Waals surface area contributed by atoms with Gasteiger partial charge in [0, 0.05) is 31.4 Å². The van der Waals surface area contributed by atoms with Gasteiger partial charge in [-0.1, -0.05) is 23.2 Å². The lowest BCUT2D eigenvalue weighted by atomic mass is 10.3. The number of aryl methyl sites for hydroxylation is 1. The Morgan fingerprint density at radius 2 is 2.19 bits per heavy atom. The largest absolute Gasteiger partial charge is 0.489 e. The summed E-state index contributed by atoms with van der Waals surface area (Å²) >= 11 is 11.8. The van der Waals surface area contributed by atoms with Crippen molar-refractivity contribution >= 4 is 23.2 Å². The van der Waals surface area contributed by atoms with Crippen molar-refractivity contribution < 1.29 is 9.84 Å². The number of nitrogens with zero attached hydrogens (tertiary/aromatic N) is 2. The molecule has 0 aliphatic carbocycles. The molecule has 2 rings (SSSR count). The van der Waals surface area contributed by atoms with Crippen molar-refractivity contribution in [2.24, 2.45) is 7.05 Å². The highest BCUT2D eigenvalue weighted by Gasteiger charge is 2.08. The Hall–Kier alpha value is -1.27. The van der Waals surface area contributed by atoms with Gasteiger partial charge in [-0.2, -0.15) is 5.10 Å². The van der Waals surface area contributed by atoms with Gasteiger partial charge in [0.1, 0.15) is 18.5 Å². The minimum Gasteiger partial charge on any atom is -0.489 e. The molecule has 7 heteroatoms. The quantitative estimate of drug-likeness (QED) is 0.818. The topological polar surface area (TPSA) is 59.3 Å². The number of ether oxygens (including phenoxy) is 1. The van der Waals surface area contributed by atoms with Crippen molar-refractivity contribution in [1.82, 2.24) is 15.1 Å². The van der Waals surface area contributed by atoms with E-state index in [1.54, 1.807) is 29.1 Å². The van der Waals surface area contributed by atoms with Crippen LogP contribution in [-0.2, 0) is 13.6 Å². The first-order valence-corrected chi connectivity index (χ1v) is 7.25. The first-order chi connectivity index (χ1) is 10.1. The SMILES string of the molecule is Cn1nccc1CNCC(O)COc1ccc(Cl)cc1Cl. The van der Waals surface area contributed by atoms with E-state index in [4.69, 9.17) is 27.9 Å². The minimum absolute atomic E-state index is 0.153. The van der Waals surface area contributed by atoms with Gasteiger partial charge in [-0.05, 0) is 24.3 Å². The summed E-state index contributed by atoms with van der Waals surface area (Å²) < 4.78 is 7.25. The van der Waals surface area contributed by atoms with Crippen LogP contribution in [0.25, 0.3) is 0 Å². The molecule has 2 aromatic rings.